The third kappa shape index (κ3) is 14.4. The number of ether oxygens (including phenoxy) is 1. The van der Waals surface area contributed by atoms with Crippen LogP contribution in [0.4, 0.5) is 0 Å². The first-order valence-electron chi connectivity index (χ1n) is 18.9. The summed E-state index contributed by atoms with van der Waals surface area (Å²) < 4.78 is 6.19. The third-order valence-corrected chi connectivity index (χ3v) is 11.8. The number of benzene rings is 1. The Labute approximate surface area is 347 Å². The smallest absolute Gasteiger partial charge is 0.305 e. The number of carboxylic acid groups (broad SMARTS) is 1. The van der Waals surface area contributed by atoms with Gasteiger partial charge in [-0.25, -0.2) is 0 Å². The minimum atomic E-state index is -1.67. The third-order valence-electron chi connectivity index (χ3n) is 9.42. The Balaban J connectivity index is 1.53. The van der Waals surface area contributed by atoms with Crippen LogP contribution in [0.2, 0.25) is 0 Å². The molecule has 2 aromatic rings. The van der Waals surface area contributed by atoms with E-state index in [1.54, 1.807) is 6.20 Å². The van der Waals surface area contributed by atoms with Crippen molar-refractivity contribution in [1.82, 2.24) is 36.5 Å². The molecule has 0 saturated carbocycles. The van der Waals surface area contributed by atoms with Crippen LogP contribution in [0.3, 0.4) is 0 Å². The van der Waals surface area contributed by atoms with E-state index in [1.165, 1.54) is 33.4 Å². The summed E-state index contributed by atoms with van der Waals surface area (Å²) in [4.78, 5) is 113. The van der Waals surface area contributed by atoms with Crippen molar-refractivity contribution in [3.8, 4) is 0 Å². The van der Waals surface area contributed by atoms with Gasteiger partial charge in [-0.2, -0.15) is 0 Å². The van der Waals surface area contributed by atoms with Gasteiger partial charge in [0.05, 0.1) is 25.7 Å². The number of unbranched alkanes of at least 4 members (excludes halogenated alkanes) is 1. The molecule has 1 aromatic carbocycles. The Morgan fingerprint density at radius 2 is 1.68 bits per heavy atom. The van der Waals surface area contributed by atoms with Crippen LogP contribution in [-0.4, -0.2) is 136 Å². The van der Waals surface area contributed by atoms with Crippen LogP contribution in [0.25, 0.3) is 10.9 Å². The number of H-pyrrole nitrogens is 1. The number of para-hydroxylation sites is 1. The predicted molar refractivity (Wildman–Crippen MR) is 219 cm³/mol. The largest absolute Gasteiger partial charge is 0.481 e. The number of nitrogens with zero attached hydrogens (tertiary/aromatic N) is 2. The molecule has 0 spiro atoms. The molecule has 13 N–H and O–H groups in total. The number of carboxylic acids is 1. The predicted octanol–water partition coefficient (Wildman–Crippen LogP) is -2.08. The van der Waals surface area contributed by atoms with E-state index in [2.05, 4.69) is 36.6 Å². The summed E-state index contributed by atoms with van der Waals surface area (Å²) in [5.41, 5.74) is 18.1. The summed E-state index contributed by atoms with van der Waals surface area (Å²) in [7, 11) is 2.41. The Morgan fingerprint density at radius 3 is 2.41 bits per heavy atom. The lowest BCUT2D eigenvalue weighted by atomic mass is 10.1. The zero-order valence-corrected chi connectivity index (χ0v) is 34.0. The molecule has 6 unspecified atom stereocenters. The minimum Gasteiger partial charge on any atom is -0.481 e. The van der Waals surface area contributed by atoms with Crippen molar-refractivity contribution in [3.05, 3.63) is 36.0 Å². The maximum absolute atomic E-state index is 14.0. The lowest BCUT2D eigenvalue weighted by Gasteiger charge is -2.28. The van der Waals surface area contributed by atoms with Gasteiger partial charge in [0.25, 0.3) is 0 Å². The number of carbonyl (C=O) groups is 8. The number of primary amides is 1. The molecule has 2 saturated heterocycles. The van der Waals surface area contributed by atoms with Crippen molar-refractivity contribution in [2.75, 3.05) is 31.1 Å². The summed E-state index contributed by atoms with van der Waals surface area (Å²) in [6, 6.07) is 1.22. The quantitative estimate of drug-likeness (QED) is 0.0502. The molecule has 21 nitrogen and oxygen atoms in total. The fraction of sp³-hybridized carbons (Fsp3) is 0.528. The molecule has 7 amide bonds. The van der Waals surface area contributed by atoms with Crippen LogP contribution < -0.4 is 43.8 Å². The fourth-order valence-electron chi connectivity index (χ4n) is 6.39. The van der Waals surface area contributed by atoms with E-state index in [4.69, 9.17) is 21.9 Å². The Hall–Kier alpha value is -5.55. The molecule has 0 aliphatic carbocycles. The summed E-state index contributed by atoms with van der Waals surface area (Å²) >= 11 is 0. The van der Waals surface area contributed by atoms with Crippen LogP contribution in [-0.2, 0) is 49.7 Å². The number of amides is 7. The van der Waals surface area contributed by atoms with Crippen molar-refractivity contribution in [2.24, 2.45) is 22.2 Å². The summed E-state index contributed by atoms with van der Waals surface area (Å²) in [5.74, 6) is -6.64. The molecule has 23 heteroatoms. The normalized spacial score (nSPS) is 24.5. The maximum atomic E-state index is 14.0. The number of aromatic nitrogens is 1. The van der Waals surface area contributed by atoms with Crippen LogP contribution in [0, 0.1) is 0 Å². The Morgan fingerprint density at radius 1 is 0.932 bits per heavy atom. The second-order valence-electron chi connectivity index (χ2n) is 13.9. The summed E-state index contributed by atoms with van der Waals surface area (Å²) in [6.45, 7) is 1.02. The molecule has 4 rings (SSSR count). The van der Waals surface area contributed by atoms with E-state index in [-0.39, 0.29) is 56.4 Å². The van der Waals surface area contributed by atoms with Crippen molar-refractivity contribution >= 4 is 85.8 Å². The zero-order chi connectivity index (χ0) is 43.1. The first-order valence-corrected chi connectivity index (χ1v) is 21.4. The number of nitrogens with two attached hydrogens (primary N) is 3. The van der Waals surface area contributed by atoms with E-state index in [9.17, 15) is 43.5 Å². The van der Waals surface area contributed by atoms with E-state index >= 15 is 0 Å². The fourth-order valence-corrected chi connectivity index (χ4v) is 8.56. The number of aliphatic imine (C=N–C) groups is 1. The molecule has 2 aliphatic heterocycles. The highest BCUT2D eigenvalue weighted by atomic mass is 33.1. The van der Waals surface area contributed by atoms with Gasteiger partial charge in [-0.05, 0) is 32.3 Å². The number of carbonyl (C=O) groups excluding carboxylic acids is 7. The van der Waals surface area contributed by atoms with E-state index in [0.717, 1.165) is 16.5 Å². The number of fused-ring (bicyclic) bond motifs is 2. The van der Waals surface area contributed by atoms with Crippen molar-refractivity contribution in [1.29, 1.82) is 0 Å². The minimum absolute atomic E-state index is 0.0216. The summed E-state index contributed by atoms with van der Waals surface area (Å²) in [6.07, 6.45) is 1.33. The molecule has 59 heavy (non-hydrogen) atoms. The molecule has 6 atom stereocenters. The molecule has 3 heterocycles. The molecule has 2 aliphatic rings. The van der Waals surface area contributed by atoms with E-state index in [0.29, 0.717) is 12.8 Å². The molecule has 2 fully saturated rings. The SMILES string of the molecule is CC1NC(=O)C(CC(=O)O)NC(=O)CNC(=O)C(CCCCN=C(N)N)NC(=O)CCSSCC(C(N)=O)NC(=O)C2CC(OCc3c[nH]c4ccccc34)CN2C1=O. The van der Waals surface area contributed by atoms with Gasteiger partial charge in [0.1, 0.15) is 30.2 Å². The van der Waals surface area contributed by atoms with Gasteiger partial charge in [-0.15, -0.1) is 0 Å². The number of guanidine groups is 1. The highest BCUT2D eigenvalue weighted by Crippen LogP contribution is 2.26. The van der Waals surface area contributed by atoms with Gasteiger partial charge in [-0.3, -0.25) is 43.3 Å². The molecule has 322 valence electrons. The van der Waals surface area contributed by atoms with Gasteiger partial charge in [0.2, 0.25) is 41.4 Å². The standard InChI is InChI=1S/C36H51N11O10S2/c1-19-35(56)47-16-21(57-17-20-14-41-23-7-3-2-6-22(20)23)12-27(47)34(55)46-26(31(37)52)18-59-58-11-9-28(48)44-24(8-4-5-10-40-36(38)39)32(53)42-15-29(49)45-25(13-30(50)51)33(54)43-19/h2-3,6-7,14,19,21,24-27,41H,4-5,8-13,15-18H2,1H3,(H2,37,52)(H,42,53)(H,43,54)(H,44,48)(H,45,49)(H,46,55)(H,50,51)(H4,38,39,40). The van der Waals surface area contributed by atoms with Crippen LogP contribution in [0.5, 0.6) is 0 Å². The first kappa shape index (κ1) is 46.1. The number of hydrogen-bond donors (Lipinski definition) is 10. The van der Waals surface area contributed by atoms with E-state index < -0.39 is 96.6 Å². The van der Waals surface area contributed by atoms with Crippen molar-refractivity contribution in [3.63, 3.8) is 0 Å². The van der Waals surface area contributed by atoms with Crippen molar-refractivity contribution < 1.29 is 48.2 Å². The molecular weight excluding hydrogens is 811 g/mol. The lowest BCUT2D eigenvalue weighted by molar-refractivity contribution is -0.143. The van der Waals surface area contributed by atoms with Crippen LogP contribution >= 0.6 is 21.6 Å². The van der Waals surface area contributed by atoms with E-state index in [1.807, 2.05) is 24.3 Å². The second kappa shape index (κ2) is 22.6. The average molecular weight is 862 g/mol. The topological polar surface area (TPSA) is 336 Å². The van der Waals surface area contributed by atoms with Gasteiger partial charge >= 0.3 is 5.97 Å². The average Bonchev–Trinajstić information content (AvgIpc) is 3.81. The number of aliphatic carboxylic acids is 1. The second-order valence-corrected chi connectivity index (χ2v) is 16.6. The van der Waals surface area contributed by atoms with Gasteiger partial charge in [0, 0.05) is 60.1 Å². The molecular formula is C36H51N11O10S2. The monoisotopic (exact) mass is 861 g/mol. The van der Waals surface area contributed by atoms with Crippen molar-refractivity contribution in [2.45, 2.75) is 88.4 Å². The molecule has 0 bridgehead atoms. The highest BCUT2D eigenvalue weighted by molar-refractivity contribution is 8.76. The van der Waals surface area contributed by atoms with Gasteiger partial charge < -0.3 is 63.5 Å². The molecule has 1 aromatic heterocycles. The highest BCUT2D eigenvalue weighted by Gasteiger charge is 2.43. The summed E-state index contributed by atoms with van der Waals surface area (Å²) in [5, 5.41) is 22.9. The Bertz CT molecular complexity index is 1890. The lowest BCUT2D eigenvalue weighted by Crippen LogP contribution is -2.58. The number of hydrogen-bond acceptors (Lipinski definition) is 12. The maximum Gasteiger partial charge on any atom is 0.305 e. The zero-order valence-electron chi connectivity index (χ0n) is 32.4. The number of aromatic amines is 1. The number of nitrogens with one attached hydrogen (secondary N) is 6. The van der Waals surface area contributed by atoms with Crippen LogP contribution in [0.1, 0.15) is 51.0 Å². The van der Waals surface area contributed by atoms with Gasteiger partial charge in [0.15, 0.2) is 5.96 Å². The first-order chi connectivity index (χ1) is 28.1. The van der Waals surface area contributed by atoms with Crippen LogP contribution in [0.15, 0.2) is 35.5 Å². The Kier molecular flexibility index (Phi) is 17.6. The molecule has 0 radical (unpaired) electrons. The van der Waals surface area contributed by atoms with Gasteiger partial charge in [-0.1, -0.05) is 39.8 Å². The number of rotatable bonds is 11.